The predicted octanol–water partition coefficient (Wildman–Crippen LogP) is 3.70. The summed E-state index contributed by atoms with van der Waals surface area (Å²) < 4.78 is 12.8. The average Bonchev–Trinajstić information content (AvgIpc) is 2.75. The van der Waals surface area contributed by atoms with Crippen molar-refractivity contribution in [3.05, 3.63) is 57.5 Å². The minimum atomic E-state index is -0.180. The van der Waals surface area contributed by atoms with Crippen LogP contribution in [-0.2, 0) is 6.42 Å². The monoisotopic (exact) mass is 249 g/mol. The number of hydrogen-bond acceptors (Lipinski definition) is 2. The number of nitrogens with one attached hydrogen (secondary N) is 1. The number of hydrogen-bond donors (Lipinski definition) is 1. The third-order valence-corrected chi connectivity index (χ3v) is 3.73. The van der Waals surface area contributed by atoms with Gasteiger partial charge in [0, 0.05) is 10.9 Å². The second-order valence-electron chi connectivity index (χ2n) is 4.16. The first-order valence-electron chi connectivity index (χ1n) is 5.66. The fourth-order valence-corrected chi connectivity index (χ4v) is 2.65. The zero-order valence-corrected chi connectivity index (χ0v) is 10.9. The van der Waals surface area contributed by atoms with Crippen LogP contribution < -0.4 is 5.32 Å². The van der Waals surface area contributed by atoms with E-state index in [0.717, 1.165) is 12.0 Å². The van der Waals surface area contributed by atoms with E-state index in [9.17, 15) is 4.39 Å². The summed E-state index contributed by atoms with van der Waals surface area (Å²) in [6.07, 6.45) is 0.882. The SMILES string of the molecule is CNC(Cc1ccc(F)cc1)c1csc(C)c1. The van der Waals surface area contributed by atoms with Crippen molar-refractivity contribution in [2.45, 2.75) is 19.4 Å². The molecule has 1 aromatic carbocycles. The van der Waals surface area contributed by atoms with Crippen molar-refractivity contribution in [3.63, 3.8) is 0 Å². The molecule has 0 saturated carbocycles. The first-order valence-corrected chi connectivity index (χ1v) is 6.54. The molecule has 0 fully saturated rings. The van der Waals surface area contributed by atoms with Crippen LogP contribution in [0, 0.1) is 12.7 Å². The number of halogens is 1. The normalized spacial score (nSPS) is 12.6. The summed E-state index contributed by atoms with van der Waals surface area (Å²) in [6, 6.07) is 9.22. The first kappa shape index (κ1) is 12.3. The van der Waals surface area contributed by atoms with Crippen LogP contribution in [0.5, 0.6) is 0 Å². The van der Waals surface area contributed by atoms with Crippen LogP contribution in [0.2, 0.25) is 0 Å². The molecule has 0 aliphatic rings. The molecular formula is C14H16FNS. The van der Waals surface area contributed by atoms with Crippen molar-refractivity contribution in [3.8, 4) is 0 Å². The van der Waals surface area contributed by atoms with E-state index in [1.165, 1.54) is 22.6 Å². The summed E-state index contributed by atoms with van der Waals surface area (Å²) >= 11 is 1.76. The van der Waals surface area contributed by atoms with Crippen LogP contribution in [0.15, 0.2) is 35.7 Å². The van der Waals surface area contributed by atoms with Gasteiger partial charge in [-0.3, -0.25) is 0 Å². The lowest BCUT2D eigenvalue weighted by atomic mass is 10.0. The molecule has 90 valence electrons. The number of likely N-dealkylation sites (N-methyl/N-ethyl adjacent to an activating group) is 1. The summed E-state index contributed by atoms with van der Waals surface area (Å²) in [7, 11) is 1.96. The topological polar surface area (TPSA) is 12.0 Å². The van der Waals surface area contributed by atoms with Crippen molar-refractivity contribution in [1.82, 2.24) is 5.32 Å². The highest BCUT2D eigenvalue weighted by Gasteiger charge is 2.11. The van der Waals surface area contributed by atoms with E-state index in [4.69, 9.17) is 0 Å². The van der Waals surface area contributed by atoms with Gasteiger partial charge < -0.3 is 5.32 Å². The van der Waals surface area contributed by atoms with Gasteiger partial charge in [-0.2, -0.15) is 0 Å². The van der Waals surface area contributed by atoms with E-state index >= 15 is 0 Å². The van der Waals surface area contributed by atoms with Crippen molar-refractivity contribution >= 4 is 11.3 Å². The molecule has 17 heavy (non-hydrogen) atoms. The van der Waals surface area contributed by atoms with E-state index < -0.39 is 0 Å². The van der Waals surface area contributed by atoms with Gasteiger partial charge in [-0.05, 0) is 55.1 Å². The number of aryl methyl sites for hydroxylation is 1. The Bertz CT molecular complexity index is 475. The van der Waals surface area contributed by atoms with Crippen molar-refractivity contribution in [1.29, 1.82) is 0 Å². The third-order valence-electron chi connectivity index (χ3n) is 2.85. The predicted molar refractivity (Wildman–Crippen MR) is 71.0 cm³/mol. The van der Waals surface area contributed by atoms with Crippen LogP contribution in [0.4, 0.5) is 4.39 Å². The second kappa shape index (κ2) is 5.43. The van der Waals surface area contributed by atoms with Gasteiger partial charge >= 0.3 is 0 Å². The van der Waals surface area contributed by atoms with E-state index in [1.54, 1.807) is 11.3 Å². The van der Waals surface area contributed by atoms with Gasteiger partial charge in [0.15, 0.2) is 0 Å². The van der Waals surface area contributed by atoms with Crippen molar-refractivity contribution in [2.75, 3.05) is 7.05 Å². The summed E-state index contributed by atoms with van der Waals surface area (Å²) in [5, 5.41) is 5.49. The maximum Gasteiger partial charge on any atom is 0.123 e. The molecule has 1 unspecified atom stereocenters. The summed E-state index contributed by atoms with van der Waals surface area (Å²) in [5.74, 6) is -0.180. The summed E-state index contributed by atoms with van der Waals surface area (Å²) in [4.78, 5) is 1.32. The van der Waals surface area contributed by atoms with E-state index in [-0.39, 0.29) is 5.82 Å². The smallest absolute Gasteiger partial charge is 0.123 e. The van der Waals surface area contributed by atoms with Crippen LogP contribution in [-0.4, -0.2) is 7.05 Å². The third kappa shape index (κ3) is 3.14. The minimum Gasteiger partial charge on any atom is -0.313 e. The standard InChI is InChI=1S/C14H16FNS/c1-10-7-12(9-17-10)14(16-2)8-11-3-5-13(15)6-4-11/h3-7,9,14,16H,8H2,1-2H3. The summed E-state index contributed by atoms with van der Waals surface area (Å²) in [5.41, 5.74) is 2.45. The van der Waals surface area contributed by atoms with Crippen molar-refractivity contribution < 1.29 is 4.39 Å². The first-order chi connectivity index (χ1) is 8.19. The van der Waals surface area contributed by atoms with Crippen LogP contribution in [0.1, 0.15) is 22.0 Å². The number of benzene rings is 1. The van der Waals surface area contributed by atoms with Crippen LogP contribution in [0.3, 0.4) is 0 Å². The minimum absolute atomic E-state index is 0.180. The molecule has 0 bridgehead atoms. The molecule has 0 saturated heterocycles. The molecule has 2 aromatic rings. The molecule has 1 nitrogen and oxygen atoms in total. The van der Waals surface area contributed by atoms with Crippen LogP contribution in [0.25, 0.3) is 0 Å². The van der Waals surface area contributed by atoms with Gasteiger partial charge in [0.05, 0.1) is 0 Å². The maximum absolute atomic E-state index is 12.8. The Hall–Kier alpha value is -1.19. The number of rotatable bonds is 4. The molecule has 0 aliphatic carbocycles. The molecule has 1 heterocycles. The Kier molecular flexibility index (Phi) is 3.92. The second-order valence-corrected chi connectivity index (χ2v) is 5.28. The average molecular weight is 249 g/mol. The molecule has 0 spiro atoms. The quantitative estimate of drug-likeness (QED) is 0.871. The maximum atomic E-state index is 12.8. The molecule has 3 heteroatoms. The fraction of sp³-hybridized carbons (Fsp3) is 0.286. The molecule has 1 atom stereocenters. The Balaban J connectivity index is 2.12. The Morgan fingerprint density at radius 2 is 2.00 bits per heavy atom. The summed E-state index contributed by atoms with van der Waals surface area (Å²) in [6.45, 7) is 2.11. The van der Waals surface area contributed by atoms with E-state index in [0.29, 0.717) is 6.04 Å². The molecule has 0 amide bonds. The fourth-order valence-electron chi connectivity index (χ4n) is 1.89. The highest BCUT2D eigenvalue weighted by molar-refractivity contribution is 7.10. The lowest BCUT2D eigenvalue weighted by molar-refractivity contribution is 0.590. The van der Waals surface area contributed by atoms with Gasteiger partial charge in [-0.1, -0.05) is 12.1 Å². The Morgan fingerprint density at radius 1 is 1.29 bits per heavy atom. The molecule has 1 N–H and O–H groups in total. The van der Waals surface area contributed by atoms with Gasteiger partial charge in [0.2, 0.25) is 0 Å². The van der Waals surface area contributed by atoms with E-state index in [2.05, 4.69) is 23.7 Å². The highest BCUT2D eigenvalue weighted by atomic mass is 32.1. The zero-order valence-electron chi connectivity index (χ0n) is 10.0. The molecule has 0 radical (unpaired) electrons. The molecule has 0 aliphatic heterocycles. The highest BCUT2D eigenvalue weighted by Crippen LogP contribution is 2.23. The van der Waals surface area contributed by atoms with Crippen LogP contribution >= 0.6 is 11.3 Å². The largest absolute Gasteiger partial charge is 0.313 e. The molecule has 1 aromatic heterocycles. The lowest BCUT2D eigenvalue weighted by Crippen LogP contribution is -2.18. The lowest BCUT2D eigenvalue weighted by Gasteiger charge is -2.14. The molecular weight excluding hydrogens is 233 g/mol. The van der Waals surface area contributed by atoms with Gasteiger partial charge in [0.1, 0.15) is 5.82 Å². The van der Waals surface area contributed by atoms with Crippen molar-refractivity contribution in [2.24, 2.45) is 0 Å². The van der Waals surface area contributed by atoms with Gasteiger partial charge in [0.25, 0.3) is 0 Å². The Labute approximate surface area is 105 Å². The Morgan fingerprint density at radius 3 is 2.53 bits per heavy atom. The van der Waals surface area contributed by atoms with E-state index in [1.807, 2.05) is 19.2 Å². The number of thiophene rings is 1. The van der Waals surface area contributed by atoms with Gasteiger partial charge in [-0.25, -0.2) is 4.39 Å². The zero-order chi connectivity index (χ0) is 12.3. The van der Waals surface area contributed by atoms with Gasteiger partial charge in [-0.15, -0.1) is 11.3 Å². The molecule has 2 rings (SSSR count).